The van der Waals surface area contributed by atoms with Gasteiger partial charge in [0.2, 0.25) is 0 Å². The average Bonchev–Trinajstić information content (AvgIpc) is 2.90. The Kier molecular flexibility index (Phi) is 9.84. The highest BCUT2D eigenvalue weighted by Crippen LogP contribution is 2.28. The molecule has 3 aromatic rings. The van der Waals surface area contributed by atoms with Gasteiger partial charge in [0, 0.05) is 6.61 Å². The minimum atomic E-state index is -0.960. The van der Waals surface area contributed by atoms with Crippen molar-refractivity contribution in [3.05, 3.63) is 108 Å². The summed E-state index contributed by atoms with van der Waals surface area (Å²) in [7, 11) is 0. The molecule has 186 valence electrons. The number of aliphatic hydroxyl groups excluding tert-OH is 1. The van der Waals surface area contributed by atoms with Crippen molar-refractivity contribution in [1.29, 1.82) is 0 Å². The zero-order valence-electron chi connectivity index (χ0n) is 20.1. The second-order valence-corrected chi connectivity index (χ2v) is 8.51. The van der Waals surface area contributed by atoms with Gasteiger partial charge in [-0.2, -0.15) is 0 Å². The lowest BCUT2D eigenvalue weighted by Gasteiger charge is -2.44. The highest BCUT2D eigenvalue weighted by Gasteiger charge is 2.47. The lowest BCUT2D eigenvalue weighted by Crippen LogP contribution is -2.61. The Morgan fingerprint density at radius 3 is 1.66 bits per heavy atom. The predicted octanol–water partition coefficient (Wildman–Crippen LogP) is 4.50. The summed E-state index contributed by atoms with van der Waals surface area (Å²) in [4.78, 5) is 0. The van der Waals surface area contributed by atoms with Crippen molar-refractivity contribution in [1.82, 2.24) is 0 Å². The van der Waals surface area contributed by atoms with E-state index in [4.69, 9.17) is 23.7 Å². The van der Waals surface area contributed by atoms with Crippen LogP contribution < -0.4 is 0 Å². The summed E-state index contributed by atoms with van der Waals surface area (Å²) in [6.45, 7) is 3.68. The van der Waals surface area contributed by atoms with Gasteiger partial charge < -0.3 is 28.8 Å². The molecule has 0 aromatic heterocycles. The monoisotopic (exact) mass is 478 g/mol. The normalized spacial score (nSPS) is 24.3. The van der Waals surface area contributed by atoms with Crippen LogP contribution in [0.15, 0.2) is 91.0 Å². The molecule has 0 unspecified atom stereocenters. The zero-order chi connectivity index (χ0) is 24.3. The average molecular weight is 479 g/mol. The molecule has 0 bridgehead atoms. The number of rotatable bonds is 12. The first-order valence-corrected chi connectivity index (χ1v) is 12.1. The molecule has 35 heavy (non-hydrogen) atoms. The zero-order valence-corrected chi connectivity index (χ0v) is 20.1. The fraction of sp³-hybridized carbons (Fsp3) is 0.379. The maximum atomic E-state index is 11.4. The highest BCUT2D eigenvalue weighted by atomic mass is 16.7. The molecule has 0 amide bonds. The fourth-order valence-electron chi connectivity index (χ4n) is 4.11. The SMILES string of the molecule is CCO[C@@H]1O[C@H](COCc2ccccc2)[C@H](OCc2ccccc2)[C@H](O)[C@H]1OCc1ccccc1. The molecular formula is C29H34O6. The first kappa shape index (κ1) is 25.5. The maximum absolute atomic E-state index is 11.4. The first-order chi connectivity index (χ1) is 17.2. The number of benzene rings is 3. The van der Waals surface area contributed by atoms with Crippen molar-refractivity contribution in [2.75, 3.05) is 13.2 Å². The van der Waals surface area contributed by atoms with E-state index in [-0.39, 0.29) is 6.61 Å². The first-order valence-electron chi connectivity index (χ1n) is 12.1. The van der Waals surface area contributed by atoms with E-state index in [9.17, 15) is 5.11 Å². The number of aliphatic hydroxyl groups is 1. The molecule has 1 heterocycles. The summed E-state index contributed by atoms with van der Waals surface area (Å²) in [6, 6.07) is 29.6. The third-order valence-corrected chi connectivity index (χ3v) is 5.91. The summed E-state index contributed by atoms with van der Waals surface area (Å²) in [5.41, 5.74) is 3.08. The van der Waals surface area contributed by atoms with Crippen LogP contribution in [0.2, 0.25) is 0 Å². The van der Waals surface area contributed by atoms with Crippen LogP contribution in [0.5, 0.6) is 0 Å². The Morgan fingerprint density at radius 2 is 1.14 bits per heavy atom. The smallest absolute Gasteiger partial charge is 0.186 e. The van der Waals surface area contributed by atoms with Crippen LogP contribution in [-0.2, 0) is 43.5 Å². The molecule has 6 heteroatoms. The van der Waals surface area contributed by atoms with Crippen LogP contribution in [0.4, 0.5) is 0 Å². The molecule has 1 aliphatic heterocycles. The highest BCUT2D eigenvalue weighted by molar-refractivity contribution is 5.15. The molecule has 0 aliphatic carbocycles. The molecular weight excluding hydrogens is 444 g/mol. The summed E-state index contributed by atoms with van der Waals surface area (Å²) >= 11 is 0. The molecule has 5 atom stereocenters. The van der Waals surface area contributed by atoms with E-state index < -0.39 is 30.7 Å². The van der Waals surface area contributed by atoms with Crippen LogP contribution in [0.1, 0.15) is 23.6 Å². The molecule has 1 N–H and O–H groups in total. The van der Waals surface area contributed by atoms with Gasteiger partial charge in [0.25, 0.3) is 0 Å². The van der Waals surface area contributed by atoms with E-state index in [1.807, 2.05) is 97.9 Å². The molecule has 4 rings (SSSR count). The van der Waals surface area contributed by atoms with Gasteiger partial charge in [0.1, 0.15) is 24.4 Å². The van der Waals surface area contributed by atoms with Crippen molar-refractivity contribution in [3.8, 4) is 0 Å². The third-order valence-electron chi connectivity index (χ3n) is 5.91. The number of hydrogen-bond acceptors (Lipinski definition) is 6. The molecule has 1 saturated heterocycles. The molecule has 3 aromatic carbocycles. The van der Waals surface area contributed by atoms with Crippen molar-refractivity contribution in [2.24, 2.45) is 0 Å². The van der Waals surface area contributed by atoms with Crippen LogP contribution in [0.3, 0.4) is 0 Å². The van der Waals surface area contributed by atoms with Gasteiger partial charge in [-0.05, 0) is 23.6 Å². The van der Waals surface area contributed by atoms with E-state index >= 15 is 0 Å². The standard InChI is InChI=1S/C29H34O6/c1-2-32-29-28(34-20-24-16-10-5-11-17-24)26(30)27(33-19-23-14-8-4-9-15-23)25(35-29)21-31-18-22-12-6-3-7-13-22/h3-17,25-30H,2,18-21H2,1H3/t25-,26+,27+,28-,29-/m1/s1. The minimum Gasteiger partial charge on any atom is -0.387 e. The quantitative estimate of drug-likeness (QED) is 0.414. The van der Waals surface area contributed by atoms with Crippen LogP contribution >= 0.6 is 0 Å². The van der Waals surface area contributed by atoms with E-state index in [1.54, 1.807) is 0 Å². The Balaban J connectivity index is 1.46. The molecule has 1 fully saturated rings. The van der Waals surface area contributed by atoms with Crippen molar-refractivity contribution in [3.63, 3.8) is 0 Å². The van der Waals surface area contributed by atoms with Crippen molar-refractivity contribution >= 4 is 0 Å². The lowest BCUT2D eigenvalue weighted by molar-refractivity contribution is -0.320. The van der Waals surface area contributed by atoms with Gasteiger partial charge in [0.05, 0.1) is 26.4 Å². The summed E-state index contributed by atoms with van der Waals surface area (Å²) in [5, 5.41) is 11.4. The molecule has 0 radical (unpaired) electrons. The van der Waals surface area contributed by atoms with E-state index in [1.165, 1.54) is 0 Å². The van der Waals surface area contributed by atoms with Crippen LogP contribution in [0, 0.1) is 0 Å². The number of hydrogen-bond donors (Lipinski definition) is 1. The van der Waals surface area contributed by atoms with Gasteiger partial charge in [-0.25, -0.2) is 0 Å². The largest absolute Gasteiger partial charge is 0.387 e. The van der Waals surface area contributed by atoms with Crippen LogP contribution in [-0.4, -0.2) is 49.0 Å². The Hall–Kier alpha value is -2.58. The van der Waals surface area contributed by atoms with Crippen molar-refractivity contribution < 1.29 is 28.8 Å². The van der Waals surface area contributed by atoms with E-state index in [0.717, 1.165) is 16.7 Å². The summed E-state index contributed by atoms with van der Waals surface area (Å²) in [5.74, 6) is 0. The van der Waals surface area contributed by atoms with Gasteiger partial charge >= 0.3 is 0 Å². The van der Waals surface area contributed by atoms with Gasteiger partial charge in [-0.1, -0.05) is 91.0 Å². The second kappa shape index (κ2) is 13.5. The van der Waals surface area contributed by atoms with E-state index in [0.29, 0.717) is 26.4 Å². The molecule has 0 saturated carbocycles. The number of ether oxygens (including phenoxy) is 5. The Labute approximate surface area is 207 Å². The molecule has 1 aliphatic rings. The van der Waals surface area contributed by atoms with Crippen LogP contribution in [0.25, 0.3) is 0 Å². The third kappa shape index (κ3) is 7.45. The summed E-state index contributed by atoms with van der Waals surface area (Å²) < 4.78 is 30.4. The van der Waals surface area contributed by atoms with Gasteiger partial charge in [-0.3, -0.25) is 0 Å². The second-order valence-electron chi connectivity index (χ2n) is 8.51. The maximum Gasteiger partial charge on any atom is 0.186 e. The predicted molar refractivity (Wildman–Crippen MR) is 132 cm³/mol. The Morgan fingerprint density at radius 1 is 0.657 bits per heavy atom. The Bertz CT molecular complexity index is 966. The molecule has 0 spiro atoms. The minimum absolute atomic E-state index is 0.250. The fourth-order valence-corrected chi connectivity index (χ4v) is 4.11. The topological polar surface area (TPSA) is 66.4 Å². The van der Waals surface area contributed by atoms with Gasteiger partial charge in [-0.15, -0.1) is 0 Å². The summed E-state index contributed by atoms with van der Waals surface area (Å²) in [6.07, 6.45) is -3.58. The van der Waals surface area contributed by atoms with Gasteiger partial charge in [0.15, 0.2) is 6.29 Å². The van der Waals surface area contributed by atoms with Crippen molar-refractivity contribution in [2.45, 2.75) is 57.5 Å². The molecule has 6 nitrogen and oxygen atoms in total. The van der Waals surface area contributed by atoms with E-state index in [2.05, 4.69) is 0 Å². The lowest BCUT2D eigenvalue weighted by atomic mass is 9.98.